The van der Waals surface area contributed by atoms with E-state index < -0.39 is 6.10 Å². The molecule has 1 amide bonds. The number of aliphatic hydroxyl groups excluding tert-OH is 1. The summed E-state index contributed by atoms with van der Waals surface area (Å²) in [6, 6.07) is 0.603. The third-order valence-electron chi connectivity index (χ3n) is 2.84. The molecule has 1 aliphatic carbocycles. The molecule has 16 heavy (non-hydrogen) atoms. The molecule has 94 valence electrons. The Bertz CT molecular complexity index is 227. The molecule has 0 saturated heterocycles. The number of rotatable bonds is 7. The lowest BCUT2D eigenvalue weighted by molar-refractivity contribution is -0.122. The minimum atomic E-state index is -0.421. The predicted molar refractivity (Wildman–Crippen MR) is 64.1 cm³/mol. The number of carbonyl (C=O) groups excluding carboxylic acids is 1. The standard InChI is InChI=1S/C12H24N2O2/c1-9(2)6-11(15)7-13-12(16)8-14(3)10-4-5-10/h9-11,15H,4-8H2,1-3H3,(H,13,16). The quantitative estimate of drug-likeness (QED) is 0.671. The summed E-state index contributed by atoms with van der Waals surface area (Å²) in [6.45, 7) is 4.94. The number of amides is 1. The zero-order valence-electron chi connectivity index (χ0n) is 10.6. The summed E-state index contributed by atoms with van der Waals surface area (Å²) in [4.78, 5) is 13.6. The molecule has 1 atom stereocenters. The van der Waals surface area contributed by atoms with Crippen LogP contribution < -0.4 is 5.32 Å². The van der Waals surface area contributed by atoms with Gasteiger partial charge >= 0.3 is 0 Å². The summed E-state index contributed by atoms with van der Waals surface area (Å²) in [5.74, 6) is 0.471. The maximum Gasteiger partial charge on any atom is 0.234 e. The minimum absolute atomic E-state index is 0.0113. The summed E-state index contributed by atoms with van der Waals surface area (Å²) < 4.78 is 0. The monoisotopic (exact) mass is 228 g/mol. The van der Waals surface area contributed by atoms with Gasteiger partial charge in [0.15, 0.2) is 0 Å². The third kappa shape index (κ3) is 5.47. The van der Waals surface area contributed by atoms with Crippen molar-refractivity contribution in [1.29, 1.82) is 0 Å². The van der Waals surface area contributed by atoms with E-state index in [1.165, 1.54) is 12.8 Å². The van der Waals surface area contributed by atoms with Crippen LogP contribution in [0.15, 0.2) is 0 Å². The topological polar surface area (TPSA) is 52.6 Å². The molecule has 4 nitrogen and oxygen atoms in total. The molecule has 0 aromatic rings. The zero-order chi connectivity index (χ0) is 12.1. The Morgan fingerprint density at radius 3 is 2.62 bits per heavy atom. The third-order valence-corrected chi connectivity index (χ3v) is 2.84. The number of nitrogens with zero attached hydrogens (tertiary/aromatic N) is 1. The Morgan fingerprint density at radius 1 is 1.50 bits per heavy atom. The molecule has 0 aromatic heterocycles. The smallest absolute Gasteiger partial charge is 0.234 e. The normalized spacial score (nSPS) is 17.9. The fourth-order valence-electron chi connectivity index (χ4n) is 1.79. The van der Waals surface area contributed by atoms with E-state index in [2.05, 4.69) is 24.1 Å². The summed E-state index contributed by atoms with van der Waals surface area (Å²) in [6.07, 6.45) is 2.73. The van der Waals surface area contributed by atoms with Gasteiger partial charge in [-0.25, -0.2) is 0 Å². The van der Waals surface area contributed by atoms with E-state index in [9.17, 15) is 9.90 Å². The summed E-state index contributed by atoms with van der Waals surface area (Å²) in [5.41, 5.74) is 0. The van der Waals surface area contributed by atoms with Crippen LogP contribution in [0.2, 0.25) is 0 Å². The van der Waals surface area contributed by atoms with Crippen LogP contribution in [0.3, 0.4) is 0 Å². The Labute approximate surface area is 98.0 Å². The molecule has 1 rings (SSSR count). The Balaban J connectivity index is 2.09. The van der Waals surface area contributed by atoms with E-state index in [0.717, 1.165) is 6.42 Å². The van der Waals surface area contributed by atoms with Crippen LogP contribution in [0.4, 0.5) is 0 Å². The van der Waals surface area contributed by atoms with Crippen molar-refractivity contribution in [1.82, 2.24) is 10.2 Å². The average molecular weight is 228 g/mol. The molecule has 1 fully saturated rings. The van der Waals surface area contributed by atoms with Gasteiger partial charge in [-0.05, 0) is 32.2 Å². The van der Waals surface area contributed by atoms with Crippen LogP contribution >= 0.6 is 0 Å². The number of aliphatic hydroxyl groups is 1. The molecular weight excluding hydrogens is 204 g/mol. The molecule has 1 unspecified atom stereocenters. The minimum Gasteiger partial charge on any atom is -0.391 e. The molecule has 0 aromatic carbocycles. The molecule has 0 bridgehead atoms. The van der Waals surface area contributed by atoms with Gasteiger partial charge < -0.3 is 10.4 Å². The Kier molecular flexibility index (Phi) is 5.22. The van der Waals surface area contributed by atoms with E-state index in [0.29, 0.717) is 25.0 Å². The molecule has 0 aliphatic heterocycles. The van der Waals surface area contributed by atoms with Crippen molar-refractivity contribution >= 4 is 5.91 Å². The molecule has 0 spiro atoms. The van der Waals surface area contributed by atoms with Gasteiger partial charge in [0.1, 0.15) is 0 Å². The first-order valence-corrected chi connectivity index (χ1v) is 6.14. The molecular formula is C12H24N2O2. The van der Waals surface area contributed by atoms with Crippen molar-refractivity contribution in [2.75, 3.05) is 20.1 Å². The van der Waals surface area contributed by atoms with Crippen molar-refractivity contribution in [3.05, 3.63) is 0 Å². The van der Waals surface area contributed by atoms with Crippen LogP contribution in [0.25, 0.3) is 0 Å². The van der Waals surface area contributed by atoms with Gasteiger partial charge in [-0.2, -0.15) is 0 Å². The summed E-state index contributed by atoms with van der Waals surface area (Å²) in [5, 5.41) is 12.4. The van der Waals surface area contributed by atoms with Crippen molar-refractivity contribution in [3.8, 4) is 0 Å². The number of hydrogen-bond acceptors (Lipinski definition) is 3. The number of likely N-dealkylation sites (N-methyl/N-ethyl adjacent to an activating group) is 1. The second-order valence-corrected chi connectivity index (χ2v) is 5.23. The molecule has 2 N–H and O–H groups in total. The van der Waals surface area contributed by atoms with Crippen LogP contribution in [0.5, 0.6) is 0 Å². The highest BCUT2D eigenvalue weighted by atomic mass is 16.3. The first-order chi connectivity index (χ1) is 7.49. The van der Waals surface area contributed by atoms with E-state index >= 15 is 0 Å². The van der Waals surface area contributed by atoms with Crippen molar-refractivity contribution in [2.24, 2.45) is 5.92 Å². The lowest BCUT2D eigenvalue weighted by atomic mass is 10.1. The maximum absolute atomic E-state index is 11.5. The first-order valence-electron chi connectivity index (χ1n) is 6.14. The van der Waals surface area contributed by atoms with Crippen molar-refractivity contribution in [2.45, 2.75) is 45.3 Å². The van der Waals surface area contributed by atoms with Crippen molar-refractivity contribution < 1.29 is 9.90 Å². The second kappa shape index (κ2) is 6.21. The van der Waals surface area contributed by atoms with E-state index in [4.69, 9.17) is 0 Å². The molecule has 0 heterocycles. The van der Waals surface area contributed by atoms with E-state index in [1.807, 2.05) is 7.05 Å². The van der Waals surface area contributed by atoms with Crippen molar-refractivity contribution in [3.63, 3.8) is 0 Å². The molecule has 1 saturated carbocycles. The van der Waals surface area contributed by atoms with Gasteiger partial charge in [-0.1, -0.05) is 13.8 Å². The lowest BCUT2D eigenvalue weighted by Gasteiger charge is -2.17. The van der Waals surface area contributed by atoms with Crippen LogP contribution in [-0.4, -0.2) is 48.2 Å². The zero-order valence-corrected chi connectivity index (χ0v) is 10.6. The highest BCUT2D eigenvalue weighted by molar-refractivity contribution is 5.78. The van der Waals surface area contributed by atoms with Gasteiger partial charge in [0.2, 0.25) is 5.91 Å². The highest BCUT2D eigenvalue weighted by Crippen LogP contribution is 2.24. The van der Waals surface area contributed by atoms with Gasteiger partial charge in [0.25, 0.3) is 0 Å². The highest BCUT2D eigenvalue weighted by Gasteiger charge is 2.27. The predicted octanol–water partition coefficient (Wildman–Crippen LogP) is 0.604. The summed E-state index contributed by atoms with van der Waals surface area (Å²) in [7, 11) is 1.97. The first kappa shape index (κ1) is 13.5. The fraction of sp³-hybridized carbons (Fsp3) is 0.917. The molecule has 4 heteroatoms. The van der Waals surface area contributed by atoms with E-state index in [1.54, 1.807) is 0 Å². The molecule has 1 aliphatic rings. The van der Waals surface area contributed by atoms with Crippen LogP contribution in [0.1, 0.15) is 33.1 Å². The summed E-state index contributed by atoms with van der Waals surface area (Å²) >= 11 is 0. The van der Waals surface area contributed by atoms with Crippen LogP contribution in [-0.2, 0) is 4.79 Å². The van der Waals surface area contributed by atoms with Gasteiger partial charge in [0.05, 0.1) is 12.6 Å². The van der Waals surface area contributed by atoms with Gasteiger partial charge in [-0.3, -0.25) is 9.69 Å². The van der Waals surface area contributed by atoms with Crippen LogP contribution in [0, 0.1) is 5.92 Å². The lowest BCUT2D eigenvalue weighted by Crippen LogP contribution is -2.39. The fourth-order valence-corrected chi connectivity index (χ4v) is 1.79. The average Bonchev–Trinajstić information content (AvgIpc) is 2.96. The Morgan fingerprint density at radius 2 is 2.12 bits per heavy atom. The maximum atomic E-state index is 11.5. The number of carbonyl (C=O) groups is 1. The van der Waals surface area contributed by atoms with E-state index in [-0.39, 0.29) is 5.91 Å². The molecule has 0 radical (unpaired) electrons. The number of hydrogen-bond donors (Lipinski definition) is 2. The number of nitrogens with one attached hydrogen (secondary N) is 1. The Hall–Kier alpha value is -0.610. The second-order valence-electron chi connectivity index (χ2n) is 5.23. The van der Waals surface area contributed by atoms with Gasteiger partial charge in [0, 0.05) is 12.6 Å². The largest absolute Gasteiger partial charge is 0.391 e. The SMILES string of the molecule is CC(C)CC(O)CNC(=O)CN(C)C1CC1. The van der Waals surface area contributed by atoms with Gasteiger partial charge in [-0.15, -0.1) is 0 Å².